The van der Waals surface area contributed by atoms with Crippen LogP contribution in [-0.4, -0.2) is 418 Å². The largest absolute Gasteiger partial charge is 2.00 e. The maximum absolute atomic E-state index is 11.5. The third-order valence-electron chi connectivity index (χ3n) is 19.3. The minimum Gasteiger partial charge on any atom is -0.508 e. The number of hydrogen-bond donors (Lipinski definition) is 20. The van der Waals surface area contributed by atoms with E-state index in [1.54, 1.807) is 99.6 Å². The fourth-order valence-corrected chi connectivity index (χ4v) is 13.6. The second-order valence-corrected chi connectivity index (χ2v) is 30.1. The molecule has 7 rings (SSSR count). The van der Waals surface area contributed by atoms with E-state index >= 15 is 0 Å². The molecule has 0 aromatic heterocycles. The predicted octanol–water partition coefficient (Wildman–Crippen LogP) is -1.21. The first-order valence-corrected chi connectivity index (χ1v) is 40.3. The summed E-state index contributed by atoms with van der Waals surface area (Å²) >= 11 is 0. The van der Waals surface area contributed by atoms with Crippen LogP contribution in [0.4, 0.5) is 5.69 Å². The average Bonchev–Trinajstić information content (AvgIpc) is 0.809. The van der Waals surface area contributed by atoms with Crippen molar-refractivity contribution in [2.45, 2.75) is 84.0 Å². The van der Waals surface area contributed by atoms with Gasteiger partial charge in [-0.2, -0.15) is 0 Å². The van der Waals surface area contributed by atoms with E-state index in [4.69, 9.17) is 56.2 Å². The Hall–Kier alpha value is -11.9. The molecule has 6 aromatic rings. The molecule has 0 amide bonds. The van der Waals surface area contributed by atoms with Crippen molar-refractivity contribution in [3.8, 4) is 34.5 Å². The Kier molecular flexibility index (Phi) is 76.6. The number of phenolic OH excluding ortho intramolecular Hbond substituents is 6. The average molecular weight is 2210 g/mol. The summed E-state index contributed by atoms with van der Waals surface area (Å²) in [5, 5.41) is 196. The summed E-state index contributed by atoms with van der Waals surface area (Å²) in [7, 11) is 0. The smallest absolute Gasteiger partial charge is 0.508 e. The molecule has 28 N–H and O–H groups in total. The summed E-state index contributed by atoms with van der Waals surface area (Å²) in [5.74, 6) is -15.8. The number of aromatic hydroxyl groups is 6. The number of non-ortho nitro benzene ring substituents is 1. The molecular formula is C85H119Mn5N11O40+10. The number of nitro groups is 1. The van der Waals surface area contributed by atoms with Gasteiger partial charge in [0.1, 0.15) is 34.5 Å². The van der Waals surface area contributed by atoms with Gasteiger partial charge in [-0.15, -0.1) is 0 Å². The quantitative estimate of drug-likeness (QED) is 0.0121. The molecule has 0 bridgehead atoms. The summed E-state index contributed by atoms with van der Waals surface area (Å²) < 4.78 is 0. The number of carbonyl (C=O) groups is 14. The van der Waals surface area contributed by atoms with Gasteiger partial charge in [0.05, 0.1) is 96.5 Å². The van der Waals surface area contributed by atoms with E-state index in [1.165, 1.54) is 59.7 Å². The molecule has 1 aliphatic rings. The summed E-state index contributed by atoms with van der Waals surface area (Å²) in [5.41, 5.74) is 3.57. The van der Waals surface area contributed by atoms with Crippen molar-refractivity contribution in [2.75, 3.05) is 144 Å². The zero-order valence-electron chi connectivity index (χ0n) is 75.8. The maximum atomic E-state index is 11.5. The molecule has 51 nitrogen and oxygen atoms in total. The van der Waals surface area contributed by atoms with E-state index in [0.29, 0.717) is 40.7 Å². The minimum atomic E-state index is -1.24. The number of benzene rings is 6. The van der Waals surface area contributed by atoms with Gasteiger partial charge in [0.2, 0.25) is 0 Å². The summed E-state index contributed by atoms with van der Waals surface area (Å²) in [6.45, 7) is -2.21. The summed E-state index contributed by atoms with van der Waals surface area (Å²) in [6.07, 6.45) is 2.86. The van der Waals surface area contributed by atoms with Crippen molar-refractivity contribution in [1.82, 2.24) is 49.0 Å². The monoisotopic (exact) mass is 2210 g/mol. The first-order chi connectivity index (χ1) is 62.1. The second-order valence-electron chi connectivity index (χ2n) is 30.1. The van der Waals surface area contributed by atoms with Gasteiger partial charge in [0.15, 0.2) is 0 Å². The molecule has 1 saturated carbocycles. The summed E-state index contributed by atoms with van der Waals surface area (Å²) in [6, 6.07) is 34.0. The third-order valence-corrected chi connectivity index (χ3v) is 19.3. The van der Waals surface area contributed by atoms with E-state index in [2.05, 4.69) is 0 Å². The van der Waals surface area contributed by atoms with Crippen LogP contribution in [0.2, 0.25) is 0 Å². The van der Waals surface area contributed by atoms with Gasteiger partial charge < -0.3 is 124 Å². The molecule has 0 saturated heterocycles. The van der Waals surface area contributed by atoms with Crippen molar-refractivity contribution in [1.29, 1.82) is 0 Å². The van der Waals surface area contributed by atoms with Gasteiger partial charge in [-0.1, -0.05) is 103 Å². The molecule has 1 fully saturated rings. The van der Waals surface area contributed by atoms with Crippen LogP contribution in [0, 0.1) is 17.0 Å². The standard InChI is InChI=1S/C20H24N2O6.C19H26N2O7.C16H22N2O7.C15H19N3O9.C15H20N2O7.5Mn.4H2O/c23-17-7-3-1-5-15(17)11-21(13-19(25)26)9-10-22(14-20(27)28)12-16-6-2-4-8-18(16)24;22-16-8-4-1-5-13(16)9-20(10-17(23)24)14-6-2-3-7-15(14)21(11-18(25)26)12-19(27)28;1-11-2-3-13(19)12(6-11)7-17(8-14(20)21)4-5-18(9-15(22)23)10-16(24)25;19-12-2-1-11(18(26)27)5-10(12)6-16(7-13(20)21)3-4-17(8-14(22)23)9-15(24)25;18-12-4-2-1-3-11(12)7-16(8-13(19)20)5-6-17(9-14(21)22)10-15(23)24;;;;;;;;;/h1-8,23-24H,9-14H2,(H,25,26)(H,27,28);1,4-5,8,14-15,22H,2-3,6-7,9-12H2,(H,23,24)(H,25,26)(H,27,28);2-3,6,19H,4-5,7-10H2,1H3,(H,20,21)(H,22,23)(H,24,25);1-2,5,19H,3-4,6-9H2,(H,20,21)(H,22,23)(H,24,25);1-4,18H,5-10H2,(H,19,20)(H,21,22)(H,23,24);;;;;;4*1H2/q;;;;;5*+2;;;;/t;14-,15-;;;;;;;;;;;;/m.0............/s1. The van der Waals surface area contributed by atoms with Crippen LogP contribution in [0.1, 0.15) is 64.6 Å². The van der Waals surface area contributed by atoms with Crippen LogP contribution in [0.15, 0.2) is 133 Å². The maximum Gasteiger partial charge on any atom is 2.00 e. The molecule has 0 spiro atoms. The van der Waals surface area contributed by atoms with Gasteiger partial charge >= 0.3 is 169 Å². The van der Waals surface area contributed by atoms with Gasteiger partial charge in [0.25, 0.3) is 5.69 Å². The van der Waals surface area contributed by atoms with Crippen LogP contribution in [0.25, 0.3) is 0 Å². The van der Waals surface area contributed by atoms with E-state index in [9.17, 15) is 123 Å². The zero-order chi connectivity index (χ0) is 98.9. The molecule has 0 heterocycles. The first-order valence-electron chi connectivity index (χ1n) is 40.3. The molecule has 779 valence electrons. The first kappa shape index (κ1) is 142. The number of rotatable bonds is 55. The van der Waals surface area contributed by atoms with Crippen molar-refractivity contribution < 1.29 is 281 Å². The molecule has 56 heteroatoms. The number of para-hydroxylation sites is 4. The van der Waals surface area contributed by atoms with E-state index in [0.717, 1.165) is 41.5 Å². The minimum absolute atomic E-state index is 0. The molecule has 1 aliphatic carbocycles. The van der Waals surface area contributed by atoms with Crippen molar-refractivity contribution in [3.05, 3.63) is 183 Å². The fourth-order valence-electron chi connectivity index (χ4n) is 13.6. The molecule has 5 radical (unpaired) electrons. The Labute approximate surface area is 859 Å². The molecule has 0 unspecified atom stereocenters. The number of aliphatic carboxylic acids is 14. The van der Waals surface area contributed by atoms with Crippen molar-refractivity contribution in [2.24, 2.45) is 0 Å². The number of nitrogens with zero attached hydrogens (tertiary/aromatic N) is 11. The second kappa shape index (κ2) is 76.0. The molecule has 0 aliphatic heterocycles. The topological polar surface area (TPSA) is 845 Å². The Morgan fingerprint density at radius 2 is 0.454 bits per heavy atom. The zero-order valence-corrected chi connectivity index (χ0v) is 81.7. The molecule has 6 aromatic carbocycles. The van der Waals surface area contributed by atoms with Crippen LogP contribution in [-0.2, 0) is 192 Å². The van der Waals surface area contributed by atoms with Crippen LogP contribution in [0.5, 0.6) is 34.5 Å². The molecular weight excluding hydrogens is 2090 g/mol. The number of aryl methyl sites for hydroxylation is 1. The summed E-state index contributed by atoms with van der Waals surface area (Å²) in [4.78, 5) is 179. The van der Waals surface area contributed by atoms with Gasteiger partial charge in [-0.25, -0.2) is 0 Å². The van der Waals surface area contributed by atoms with Gasteiger partial charge in [-0.05, 0) is 56.2 Å². The fraction of sp³-hybridized carbons (Fsp3) is 0.412. The SMILES string of the molecule is Cc1ccc(O)c(CN(CCN(CC(=O)O)CC(=O)O)CC(=O)O)c1.O.O.O.O.O=C(O)CN(CC(=O)O)[C@H]1CCCC[C@@H]1N(CC(=O)O)Cc1ccccc1O.O=C(O)CN(CCN(CC(=O)O)Cc1cc([N+](=O)[O-])ccc1O)CC(=O)O.O=C(O)CN(CCN(CC(=O)O)Cc1ccccc1O)CC(=O)O.O=C(O)CN(CCN(CC(=O)O)Cc1ccccc1O)Cc1ccccc1O.[Mn+2].[Mn+2].[Mn+2].[Mn+2].[Mn+2]. The Morgan fingerprint density at radius 3 is 0.695 bits per heavy atom. The van der Waals surface area contributed by atoms with Crippen LogP contribution in [0.3, 0.4) is 0 Å². The predicted molar refractivity (Wildman–Crippen MR) is 475 cm³/mol. The number of carboxylic acid groups (broad SMARTS) is 14. The number of phenols is 6. The Balaban J connectivity index is -0.000000314. The van der Waals surface area contributed by atoms with Crippen LogP contribution < -0.4 is 0 Å². The van der Waals surface area contributed by atoms with Crippen molar-refractivity contribution in [3.63, 3.8) is 0 Å². The normalized spacial score (nSPS) is 12.0. The third kappa shape index (κ3) is 62.1. The van der Waals surface area contributed by atoms with E-state index in [1.807, 2.05) is 6.92 Å². The molecule has 141 heavy (non-hydrogen) atoms. The number of carboxylic acids is 14. The Morgan fingerprint density at radius 1 is 0.262 bits per heavy atom. The van der Waals surface area contributed by atoms with Crippen molar-refractivity contribution >= 4 is 89.3 Å². The van der Waals surface area contributed by atoms with Crippen LogP contribution >= 0.6 is 0 Å². The van der Waals surface area contributed by atoms with Gasteiger partial charge in [-0.3, -0.25) is 126 Å². The Bertz CT molecular complexity index is 4740. The van der Waals surface area contributed by atoms with E-state index in [-0.39, 0.29) is 283 Å². The number of nitro benzene ring substituents is 1. The molecule has 2 atom stereocenters. The van der Waals surface area contributed by atoms with E-state index < -0.39 is 153 Å². The van der Waals surface area contributed by atoms with Gasteiger partial charge in [0, 0.05) is 149 Å². The number of hydrogen-bond acceptors (Lipinski definition) is 32.